The predicted octanol–water partition coefficient (Wildman–Crippen LogP) is 6.57. The fraction of sp³-hybridized carbons (Fsp3) is 0.172. The van der Waals surface area contributed by atoms with Gasteiger partial charge in [-0.1, -0.05) is 63.2 Å². The summed E-state index contributed by atoms with van der Waals surface area (Å²) in [5, 5.41) is 12.4. The first-order valence-corrected chi connectivity index (χ1v) is 11.4. The van der Waals surface area contributed by atoms with Crippen molar-refractivity contribution in [3.8, 4) is 28.4 Å². The number of fused-ring (bicyclic) bond motifs is 3. The van der Waals surface area contributed by atoms with Crippen LogP contribution in [0.1, 0.15) is 26.3 Å². The van der Waals surface area contributed by atoms with Crippen molar-refractivity contribution < 1.29 is 26.2 Å². The summed E-state index contributed by atoms with van der Waals surface area (Å²) >= 11 is 0. The van der Waals surface area contributed by atoms with E-state index in [0.29, 0.717) is 5.52 Å². The van der Waals surface area contributed by atoms with E-state index in [4.69, 9.17) is 9.97 Å². The van der Waals surface area contributed by atoms with Gasteiger partial charge < -0.3 is 14.7 Å². The number of rotatable bonds is 2. The first-order valence-electron chi connectivity index (χ1n) is 11.4. The number of aromatic hydroxyl groups is 1. The Bertz CT molecular complexity index is 1720. The van der Waals surface area contributed by atoms with E-state index in [0.717, 1.165) is 50.0 Å². The molecule has 0 aliphatic carbocycles. The number of hydrogen-bond acceptors (Lipinski definition) is 3. The average Bonchev–Trinajstić information content (AvgIpc) is 3.42. The third-order valence-corrected chi connectivity index (χ3v) is 6.59. The molecule has 0 fully saturated rings. The van der Waals surface area contributed by atoms with Crippen LogP contribution in [-0.4, -0.2) is 19.6 Å². The smallest absolute Gasteiger partial charge is 0.141 e. The SMILES string of the molecule is Cn1c(-c2cc(C(C)(C)C)cc3cc[n-]c23)nc2c(-c3ccc4cccc(O)c4n3)cccc21.[Pt]. The van der Waals surface area contributed by atoms with E-state index in [2.05, 4.69) is 54.6 Å². The zero-order valence-corrected chi connectivity index (χ0v) is 22.3. The summed E-state index contributed by atoms with van der Waals surface area (Å²) in [7, 11) is 2.05. The number of benzene rings is 3. The van der Waals surface area contributed by atoms with Gasteiger partial charge in [0.05, 0.1) is 16.7 Å². The molecule has 0 amide bonds. The molecule has 178 valence electrons. The molecular weight excluding hydrogens is 615 g/mol. The molecule has 3 heterocycles. The van der Waals surface area contributed by atoms with Gasteiger partial charge in [0.2, 0.25) is 0 Å². The third kappa shape index (κ3) is 3.75. The largest absolute Gasteiger partial charge is 0.663 e. The van der Waals surface area contributed by atoms with E-state index < -0.39 is 0 Å². The molecule has 0 atom stereocenters. The minimum Gasteiger partial charge on any atom is -0.663 e. The number of nitrogens with zero attached hydrogens (tertiary/aromatic N) is 4. The van der Waals surface area contributed by atoms with Crippen LogP contribution < -0.4 is 4.98 Å². The van der Waals surface area contributed by atoms with E-state index in [1.807, 2.05) is 49.6 Å². The summed E-state index contributed by atoms with van der Waals surface area (Å²) in [6.07, 6.45) is 1.86. The average molecular weight is 641 g/mol. The molecule has 3 aromatic heterocycles. The summed E-state index contributed by atoms with van der Waals surface area (Å²) in [4.78, 5) is 14.6. The van der Waals surface area contributed by atoms with Crippen LogP contribution in [-0.2, 0) is 33.5 Å². The zero-order chi connectivity index (χ0) is 23.6. The maximum Gasteiger partial charge on any atom is 0.141 e. The van der Waals surface area contributed by atoms with Crippen LogP contribution in [0.15, 0.2) is 72.9 Å². The van der Waals surface area contributed by atoms with Gasteiger partial charge in [-0.3, -0.25) is 0 Å². The van der Waals surface area contributed by atoms with E-state index in [9.17, 15) is 5.11 Å². The molecule has 6 aromatic rings. The summed E-state index contributed by atoms with van der Waals surface area (Å²) in [6.45, 7) is 6.67. The molecule has 0 bridgehead atoms. The van der Waals surface area contributed by atoms with Gasteiger partial charge in [-0.15, -0.1) is 5.52 Å². The number of hydrogen-bond donors (Lipinski definition) is 1. The number of aromatic nitrogens is 4. The van der Waals surface area contributed by atoms with Crippen molar-refractivity contribution in [1.82, 2.24) is 19.5 Å². The first-order chi connectivity index (χ1) is 16.3. The van der Waals surface area contributed by atoms with Crippen LogP contribution in [0.3, 0.4) is 0 Å². The second-order valence-corrected chi connectivity index (χ2v) is 9.87. The van der Waals surface area contributed by atoms with Crippen molar-refractivity contribution in [3.63, 3.8) is 0 Å². The Morgan fingerprint density at radius 2 is 1.63 bits per heavy atom. The standard InChI is InChI=1S/C29H25N4O.Pt/c1-29(2,3)19-15-18-13-14-30-25(18)21(16-19)28-32-27-20(8-6-9-23(27)33(28)4)22-12-11-17-7-5-10-24(34)26(17)31-22;/h5-16H,1-4H3,(H-,30,31,32,34);/q-1;. The monoisotopic (exact) mass is 640 g/mol. The van der Waals surface area contributed by atoms with Gasteiger partial charge in [-0.2, -0.15) is 6.20 Å². The van der Waals surface area contributed by atoms with Gasteiger partial charge >= 0.3 is 0 Å². The van der Waals surface area contributed by atoms with Crippen LogP contribution in [0.5, 0.6) is 5.75 Å². The van der Waals surface area contributed by atoms with Crippen LogP contribution in [0.25, 0.3) is 55.5 Å². The molecule has 5 nitrogen and oxygen atoms in total. The Kier molecular flexibility index (Phi) is 5.56. The molecule has 35 heavy (non-hydrogen) atoms. The molecule has 0 aliphatic heterocycles. The molecule has 0 saturated carbocycles. The van der Waals surface area contributed by atoms with Crippen molar-refractivity contribution in [3.05, 3.63) is 78.5 Å². The van der Waals surface area contributed by atoms with Crippen molar-refractivity contribution >= 4 is 32.8 Å². The van der Waals surface area contributed by atoms with Crippen molar-refractivity contribution in [2.24, 2.45) is 7.05 Å². The Labute approximate surface area is 218 Å². The summed E-state index contributed by atoms with van der Waals surface area (Å²) in [6, 6.07) is 22.1. The van der Waals surface area contributed by atoms with Gasteiger partial charge in [-0.05, 0) is 40.6 Å². The number of phenolic OH excluding ortho intramolecular Hbond substituents is 1. The number of aryl methyl sites for hydroxylation is 1. The van der Waals surface area contributed by atoms with E-state index >= 15 is 0 Å². The molecule has 6 rings (SSSR count). The van der Waals surface area contributed by atoms with Crippen LogP contribution in [0, 0.1) is 0 Å². The van der Waals surface area contributed by atoms with Crippen molar-refractivity contribution in [2.75, 3.05) is 0 Å². The predicted molar refractivity (Wildman–Crippen MR) is 138 cm³/mol. The van der Waals surface area contributed by atoms with Crippen LogP contribution >= 0.6 is 0 Å². The first kappa shape index (κ1) is 23.3. The van der Waals surface area contributed by atoms with Gasteiger partial charge in [0.15, 0.2) is 0 Å². The minimum atomic E-state index is 0. The maximum absolute atomic E-state index is 10.3. The Morgan fingerprint density at radius 1 is 0.829 bits per heavy atom. The van der Waals surface area contributed by atoms with Gasteiger partial charge in [0, 0.05) is 44.6 Å². The fourth-order valence-electron chi connectivity index (χ4n) is 4.67. The normalized spacial score (nSPS) is 11.9. The zero-order valence-electron chi connectivity index (χ0n) is 20.0. The molecule has 0 unspecified atom stereocenters. The molecule has 6 heteroatoms. The van der Waals surface area contributed by atoms with Gasteiger partial charge in [0.25, 0.3) is 0 Å². The maximum atomic E-state index is 10.3. The topological polar surface area (TPSA) is 65.0 Å². The van der Waals surface area contributed by atoms with E-state index in [-0.39, 0.29) is 32.2 Å². The molecule has 0 saturated heterocycles. The number of pyridine rings is 1. The summed E-state index contributed by atoms with van der Waals surface area (Å²) in [5.41, 5.74) is 7.45. The van der Waals surface area contributed by atoms with Gasteiger partial charge in [-0.25, -0.2) is 9.97 Å². The molecular formula is C29H25N4OPt-. The Morgan fingerprint density at radius 3 is 2.43 bits per heavy atom. The molecule has 0 aliphatic rings. The Balaban J connectivity index is 0.00000253. The molecule has 0 radical (unpaired) electrons. The second-order valence-electron chi connectivity index (χ2n) is 9.87. The quantitative estimate of drug-likeness (QED) is 0.233. The molecule has 0 spiro atoms. The van der Waals surface area contributed by atoms with Crippen LogP contribution in [0.4, 0.5) is 0 Å². The summed E-state index contributed by atoms with van der Waals surface area (Å²) < 4.78 is 2.13. The molecule has 3 aromatic carbocycles. The van der Waals surface area contributed by atoms with Crippen LogP contribution in [0.2, 0.25) is 0 Å². The van der Waals surface area contributed by atoms with E-state index in [1.165, 1.54) is 5.56 Å². The second kappa shape index (κ2) is 8.35. The van der Waals surface area contributed by atoms with E-state index in [1.54, 1.807) is 6.07 Å². The number of para-hydroxylation sites is 2. The van der Waals surface area contributed by atoms with Gasteiger partial charge in [0.1, 0.15) is 17.1 Å². The third-order valence-electron chi connectivity index (χ3n) is 6.59. The van der Waals surface area contributed by atoms with Crippen molar-refractivity contribution in [1.29, 1.82) is 0 Å². The van der Waals surface area contributed by atoms with Crippen molar-refractivity contribution in [2.45, 2.75) is 26.2 Å². The summed E-state index contributed by atoms with van der Waals surface area (Å²) in [5.74, 6) is 1.05. The number of imidazole rings is 1. The fourth-order valence-corrected chi connectivity index (χ4v) is 4.67. The Hall–Kier alpha value is -3.43. The minimum absolute atomic E-state index is 0. The number of phenols is 1. The molecule has 1 N–H and O–H groups in total.